The molecule has 2 aliphatic carbocycles. The van der Waals surface area contributed by atoms with Gasteiger partial charge in [-0.25, -0.2) is 0 Å². The summed E-state index contributed by atoms with van der Waals surface area (Å²) < 4.78 is 11.1. The van der Waals surface area contributed by atoms with Gasteiger partial charge in [0, 0.05) is 24.4 Å². The van der Waals surface area contributed by atoms with Crippen LogP contribution in [0.5, 0.6) is 11.5 Å². The van der Waals surface area contributed by atoms with Gasteiger partial charge in [0.05, 0.1) is 19.8 Å². The van der Waals surface area contributed by atoms with Crippen LogP contribution in [0.2, 0.25) is 0 Å². The third kappa shape index (κ3) is 2.09. The van der Waals surface area contributed by atoms with Crippen molar-refractivity contribution in [3.8, 4) is 11.5 Å². The van der Waals surface area contributed by atoms with Crippen molar-refractivity contribution in [1.29, 1.82) is 0 Å². The minimum absolute atomic E-state index is 0.0576. The summed E-state index contributed by atoms with van der Waals surface area (Å²) in [6.45, 7) is 8.83. The van der Waals surface area contributed by atoms with Crippen LogP contribution in [0.1, 0.15) is 57.1 Å². The highest BCUT2D eigenvalue weighted by atomic mass is 16.5. The number of hydrogen-bond donors (Lipinski definition) is 1. The van der Waals surface area contributed by atoms with Crippen LogP contribution >= 0.6 is 0 Å². The molecule has 0 aromatic heterocycles. The third-order valence-corrected chi connectivity index (χ3v) is 8.48. The topological polar surface area (TPSA) is 41.9 Å². The SMILES string of the molecule is COc1cc2c(cc1OC)C(C1(O)CC3CCC1(C)C3(C)C)CN(C)C2. The zero-order valence-electron chi connectivity index (χ0n) is 17.1. The first-order valence-electron chi connectivity index (χ1n) is 9.83. The first-order valence-corrected chi connectivity index (χ1v) is 9.83. The number of methoxy groups -OCH3 is 2. The van der Waals surface area contributed by atoms with E-state index in [4.69, 9.17) is 9.47 Å². The highest BCUT2D eigenvalue weighted by Gasteiger charge is 2.70. The Balaban J connectivity index is 1.85. The highest BCUT2D eigenvalue weighted by molar-refractivity contribution is 5.51. The summed E-state index contributed by atoms with van der Waals surface area (Å²) in [6.07, 6.45) is 3.26. The van der Waals surface area contributed by atoms with E-state index in [2.05, 4.69) is 44.9 Å². The molecule has 1 aromatic carbocycles. The normalized spacial score (nSPS) is 38.3. The van der Waals surface area contributed by atoms with Crippen LogP contribution in [0, 0.1) is 16.7 Å². The van der Waals surface area contributed by atoms with Crippen LogP contribution in [0.4, 0.5) is 0 Å². The number of likely N-dealkylation sites (N-methyl/N-ethyl adjacent to an activating group) is 1. The average molecular weight is 360 g/mol. The van der Waals surface area contributed by atoms with Gasteiger partial charge in [0.15, 0.2) is 11.5 Å². The first-order chi connectivity index (χ1) is 12.2. The molecule has 4 nitrogen and oxygen atoms in total. The third-order valence-electron chi connectivity index (χ3n) is 8.48. The number of nitrogens with zero attached hydrogens (tertiary/aromatic N) is 1. The maximum atomic E-state index is 12.2. The van der Waals surface area contributed by atoms with E-state index in [1.165, 1.54) is 17.5 Å². The Hall–Kier alpha value is -1.26. The Morgan fingerprint density at radius 1 is 1.12 bits per heavy atom. The molecule has 0 spiro atoms. The van der Waals surface area contributed by atoms with Crippen molar-refractivity contribution in [3.63, 3.8) is 0 Å². The summed E-state index contributed by atoms with van der Waals surface area (Å²) in [5, 5.41) is 12.2. The fraction of sp³-hybridized carbons (Fsp3) is 0.727. The van der Waals surface area contributed by atoms with Crippen LogP contribution in [0.3, 0.4) is 0 Å². The molecular weight excluding hydrogens is 326 g/mol. The van der Waals surface area contributed by atoms with Gasteiger partial charge in [-0.1, -0.05) is 20.8 Å². The van der Waals surface area contributed by atoms with E-state index < -0.39 is 5.60 Å². The predicted octanol–water partition coefficient (Wildman–Crippen LogP) is 3.81. The molecular formula is C22H33NO3. The highest BCUT2D eigenvalue weighted by Crippen LogP contribution is 2.72. The van der Waals surface area contributed by atoms with Gasteiger partial charge in [0.25, 0.3) is 0 Å². The summed E-state index contributed by atoms with van der Waals surface area (Å²) >= 11 is 0. The minimum atomic E-state index is -0.678. The van der Waals surface area contributed by atoms with Crippen LogP contribution in [-0.4, -0.2) is 43.4 Å². The molecule has 26 heavy (non-hydrogen) atoms. The second-order valence-electron chi connectivity index (χ2n) is 9.57. The lowest BCUT2D eigenvalue weighted by molar-refractivity contribution is -0.115. The molecule has 144 valence electrons. The second kappa shape index (κ2) is 5.62. The standard InChI is InChI=1S/C22H33NO3/c1-20(2)15-7-8-21(20,3)22(24,11-15)17-13-23(4)12-14-9-18(25-5)19(26-6)10-16(14)17/h9-10,15,17,24H,7-8,11-13H2,1-6H3. The van der Waals surface area contributed by atoms with Crippen molar-refractivity contribution in [2.45, 2.75) is 58.1 Å². The monoisotopic (exact) mass is 359 g/mol. The van der Waals surface area contributed by atoms with Gasteiger partial charge in [-0.15, -0.1) is 0 Å². The lowest BCUT2D eigenvalue weighted by Crippen LogP contribution is -2.54. The molecule has 4 atom stereocenters. The fourth-order valence-electron chi connectivity index (χ4n) is 6.43. The molecule has 0 radical (unpaired) electrons. The maximum absolute atomic E-state index is 12.2. The Bertz CT molecular complexity index is 730. The molecule has 2 saturated carbocycles. The van der Waals surface area contributed by atoms with Crippen molar-refractivity contribution in [3.05, 3.63) is 23.3 Å². The van der Waals surface area contributed by atoms with Crippen molar-refractivity contribution in [1.82, 2.24) is 4.90 Å². The van der Waals surface area contributed by atoms with Gasteiger partial charge in [-0.05, 0) is 60.9 Å². The van der Waals surface area contributed by atoms with E-state index in [1.54, 1.807) is 14.2 Å². The molecule has 3 aliphatic rings. The lowest BCUT2D eigenvalue weighted by Gasteiger charge is -2.52. The number of ether oxygens (including phenoxy) is 2. The van der Waals surface area contributed by atoms with Crippen molar-refractivity contribution in [2.24, 2.45) is 16.7 Å². The van der Waals surface area contributed by atoms with E-state index in [9.17, 15) is 5.11 Å². The van der Waals surface area contributed by atoms with Crippen LogP contribution < -0.4 is 9.47 Å². The van der Waals surface area contributed by atoms with Gasteiger partial charge in [0.1, 0.15) is 0 Å². The van der Waals surface area contributed by atoms with E-state index in [0.717, 1.165) is 37.4 Å². The van der Waals surface area contributed by atoms with Gasteiger partial charge < -0.3 is 19.5 Å². The largest absolute Gasteiger partial charge is 0.493 e. The van der Waals surface area contributed by atoms with Gasteiger partial charge in [-0.3, -0.25) is 0 Å². The molecule has 1 aliphatic heterocycles. The molecule has 0 amide bonds. The Labute approximate surface area is 157 Å². The summed E-state index contributed by atoms with van der Waals surface area (Å²) in [6, 6.07) is 4.22. The van der Waals surface area contributed by atoms with Gasteiger partial charge in [0.2, 0.25) is 0 Å². The molecule has 2 bridgehead atoms. The smallest absolute Gasteiger partial charge is 0.161 e. The molecule has 1 N–H and O–H groups in total. The number of aliphatic hydroxyl groups is 1. The summed E-state index contributed by atoms with van der Waals surface area (Å²) in [4.78, 5) is 2.33. The summed E-state index contributed by atoms with van der Waals surface area (Å²) in [7, 11) is 5.52. The molecule has 4 unspecified atom stereocenters. The predicted molar refractivity (Wildman–Crippen MR) is 103 cm³/mol. The number of hydrogen-bond acceptors (Lipinski definition) is 4. The Kier molecular flexibility index (Phi) is 3.92. The van der Waals surface area contributed by atoms with E-state index in [0.29, 0.717) is 5.92 Å². The van der Waals surface area contributed by atoms with E-state index in [1.807, 2.05) is 0 Å². The molecule has 4 heteroatoms. The van der Waals surface area contributed by atoms with Crippen LogP contribution in [0.25, 0.3) is 0 Å². The van der Waals surface area contributed by atoms with Crippen LogP contribution in [-0.2, 0) is 6.54 Å². The van der Waals surface area contributed by atoms with Crippen molar-refractivity contribution in [2.75, 3.05) is 27.8 Å². The molecule has 4 rings (SSSR count). The maximum Gasteiger partial charge on any atom is 0.161 e. The molecule has 1 aromatic rings. The Morgan fingerprint density at radius 2 is 1.77 bits per heavy atom. The minimum Gasteiger partial charge on any atom is -0.493 e. The summed E-state index contributed by atoms with van der Waals surface area (Å²) in [5.74, 6) is 2.24. The summed E-state index contributed by atoms with van der Waals surface area (Å²) in [5.41, 5.74) is 1.93. The first kappa shape index (κ1) is 18.1. The van der Waals surface area contributed by atoms with Crippen molar-refractivity contribution >= 4 is 0 Å². The number of benzene rings is 1. The lowest BCUT2D eigenvalue weighted by atomic mass is 9.58. The zero-order valence-corrected chi connectivity index (χ0v) is 17.1. The quantitative estimate of drug-likeness (QED) is 0.891. The fourth-order valence-corrected chi connectivity index (χ4v) is 6.43. The van der Waals surface area contributed by atoms with Crippen LogP contribution in [0.15, 0.2) is 12.1 Å². The van der Waals surface area contributed by atoms with E-state index >= 15 is 0 Å². The number of rotatable bonds is 3. The van der Waals surface area contributed by atoms with Crippen molar-refractivity contribution < 1.29 is 14.6 Å². The van der Waals surface area contributed by atoms with E-state index in [-0.39, 0.29) is 16.7 Å². The molecule has 2 fully saturated rings. The van der Waals surface area contributed by atoms with Gasteiger partial charge >= 0.3 is 0 Å². The molecule has 0 saturated heterocycles. The second-order valence-corrected chi connectivity index (χ2v) is 9.57. The zero-order chi connectivity index (χ0) is 18.9. The Morgan fingerprint density at radius 3 is 2.31 bits per heavy atom. The molecule has 1 heterocycles. The number of fused-ring (bicyclic) bond motifs is 3. The average Bonchev–Trinajstić information content (AvgIpc) is 2.91. The van der Waals surface area contributed by atoms with Gasteiger partial charge in [-0.2, -0.15) is 0 Å².